The Kier molecular flexibility index (Phi) is 5.56. The van der Waals surface area contributed by atoms with Gasteiger partial charge in [-0.25, -0.2) is 13.1 Å². The highest BCUT2D eigenvalue weighted by atomic mass is 79.9. The van der Waals surface area contributed by atoms with E-state index >= 15 is 0 Å². The molecule has 0 atom stereocenters. The van der Waals surface area contributed by atoms with Crippen LogP contribution < -0.4 is 4.72 Å². The number of rotatable bonds is 5. The first-order valence-corrected chi connectivity index (χ1v) is 10.3. The van der Waals surface area contributed by atoms with Crippen molar-refractivity contribution in [2.45, 2.75) is 41.7 Å². The van der Waals surface area contributed by atoms with Gasteiger partial charge in [0.05, 0.1) is 4.90 Å². The molecule has 0 bridgehead atoms. The molecule has 1 saturated carbocycles. The number of hydrogen-bond acceptors (Lipinski definition) is 3. The zero-order valence-electron chi connectivity index (χ0n) is 11.6. The maximum absolute atomic E-state index is 12.3. The Bertz CT molecular complexity index is 554. The topological polar surface area (TPSA) is 46.2 Å². The molecule has 1 N–H and O–H groups in total. The van der Waals surface area contributed by atoms with Crippen molar-refractivity contribution in [2.24, 2.45) is 0 Å². The quantitative estimate of drug-likeness (QED) is 0.848. The van der Waals surface area contributed by atoms with E-state index in [9.17, 15) is 8.42 Å². The fraction of sp³-hybridized carbons (Fsp3) is 0.571. The zero-order chi connectivity index (χ0) is 14.6. The predicted molar refractivity (Wildman–Crippen MR) is 88.7 cm³/mol. The highest BCUT2D eigenvalue weighted by Gasteiger charge is 2.32. The normalized spacial score (nSPS) is 18.9. The van der Waals surface area contributed by atoms with Crippen molar-refractivity contribution in [2.75, 3.05) is 12.8 Å². The molecule has 112 valence electrons. The molecule has 1 fully saturated rings. The SMILES string of the molecule is CSC1(CNS(=O)(=O)c2cccc(Br)c2)CCCCC1. The summed E-state index contributed by atoms with van der Waals surface area (Å²) in [5.74, 6) is 0. The fourth-order valence-corrected chi connectivity index (χ4v) is 5.32. The first-order chi connectivity index (χ1) is 9.47. The summed E-state index contributed by atoms with van der Waals surface area (Å²) in [4.78, 5) is 0.318. The largest absolute Gasteiger partial charge is 0.240 e. The van der Waals surface area contributed by atoms with Gasteiger partial charge in [0.1, 0.15) is 0 Å². The van der Waals surface area contributed by atoms with Gasteiger partial charge in [-0.3, -0.25) is 0 Å². The summed E-state index contributed by atoms with van der Waals surface area (Å²) >= 11 is 5.11. The number of nitrogens with one attached hydrogen (secondary N) is 1. The second-order valence-corrected chi connectivity index (χ2v) is 9.19. The molecule has 0 radical (unpaired) electrons. The summed E-state index contributed by atoms with van der Waals surface area (Å²) in [7, 11) is -3.42. The van der Waals surface area contributed by atoms with E-state index in [2.05, 4.69) is 26.9 Å². The average Bonchev–Trinajstić information content (AvgIpc) is 2.46. The Morgan fingerprint density at radius 1 is 1.30 bits per heavy atom. The van der Waals surface area contributed by atoms with E-state index in [1.807, 2.05) is 6.07 Å². The molecule has 20 heavy (non-hydrogen) atoms. The molecule has 0 heterocycles. The second-order valence-electron chi connectivity index (χ2n) is 5.23. The lowest BCUT2D eigenvalue weighted by molar-refractivity contribution is 0.395. The Labute approximate surface area is 134 Å². The second kappa shape index (κ2) is 6.81. The molecule has 0 aliphatic heterocycles. The van der Waals surface area contributed by atoms with Crippen LogP contribution in [-0.4, -0.2) is 26.0 Å². The standard InChI is InChI=1S/C14H20BrNO2S2/c1-19-14(8-3-2-4-9-14)11-16-20(17,18)13-7-5-6-12(15)10-13/h5-7,10,16H,2-4,8-9,11H2,1H3. The Balaban J connectivity index is 2.08. The molecule has 0 amide bonds. The third-order valence-electron chi connectivity index (χ3n) is 3.89. The van der Waals surface area contributed by atoms with Crippen LogP contribution in [0.2, 0.25) is 0 Å². The molecule has 1 aliphatic carbocycles. The van der Waals surface area contributed by atoms with Crippen molar-refractivity contribution in [3.05, 3.63) is 28.7 Å². The van der Waals surface area contributed by atoms with Gasteiger partial charge in [0.15, 0.2) is 0 Å². The minimum Gasteiger partial charge on any atom is -0.210 e. The first-order valence-electron chi connectivity index (χ1n) is 6.78. The third-order valence-corrected chi connectivity index (χ3v) is 7.20. The number of sulfonamides is 1. The Morgan fingerprint density at radius 3 is 2.60 bits per heavy atom. The number of benzene rings is 1. The van der Waals surface area contributed by atoms with Gasteiger partial charge < -0.3 is 0 Å². The molecule has 6 heteroatoms. The molecule has 1 aromatic rings. The van der Waals surface area contributed by atoms with Gasteiger partial charge in [0.25, 0.3) is 0 Å². The summed E-state index contributed by atoms with van der Waals surface area (Å²) < 4.78 is 28.3. The van der Waals surface area contributed by atoms with Crippen molar-refractivity contribution in [3.8, 4) is 0 Å². The maximum atomic E-state index is 12.3. The van der Waals surface area contributed by atoms with Crippen LogP contribution in [0, 0.1) is 0 Å². The van der Waals surface area contributed by atoms with E-state index in [4.69, 9.17) is 0 Å². The summed E-state index contributed by atoms with van der Waals surface area (Å²) in [5, 5.41) is 0. The van der Waals surface area contributed by atoms with Gasteiger partial charge in [-0.05, 0) is 37.3 Å². The van der Waals surface area contributed by atoms with Gasteiger partial charge in [0, 0.05) is 15.8 Å². The van der Waals surface area contributed by atoms with Gasteiger partial charge >= 0.3 is 0 Å². The van der Waals surface area contributed by atoms with Gasteiger partial charge in [-0.1, -0.05) is 41.3 Å². The average molecular weight is 378 g/mol. The summed E-state index contributed by atoms with van der Waals surface area (Å²) in [6.07, 6.45) is 7.92. The monoisotopic (exact) mass is 377 g/mol. The fourth-order valence-electron chi connectivity index (χ4n) is 2.59. The highest BCUT2D eigenvalue weighted by Crippen LogP contribution is 2.38. The number of thioether (sulfide) groups is 1. The molecule has 1 aliphatic rings. The van der Waals surface area contributed by atoms with E-state index < -0.39 is 10.0 Å². The van der Waals surface area contributed by atoms with Crippen LogP contribution in [-0.2, 0) is 10.0 Å². The molecular formula is C14H20BrNO2S2. The van der Waals surface area contributed by atoms with Gasteiger partial charge in [-0.2, -0.15) is 11.8 Å². The zero-order valence-corrected chi connectivity index (χ0v) is 14.8. The van der Waals surface area contributed by atoms with E-state index in [1.165, 1.54) is 19.3 Å². The van der Waals surface area contributed by atoms with Crippen molar-refractivity contribution in [1.29, 1.82) is 0 Å². The molecule has 0 saturated heterocycles. The minimum atomic E-state index is -3.42. The van der Waals surface area contributed by atoms with Crippen LogP contribution in [0.4, 0.5) is 0 Å². The molecule has 0 spiro atoms. The predicted octanol–water partition coefficient (Wildman–Crippen LogP) is 3.79. The highest BCUT2D eigenvalue weighted by molar-refractivity contribution is 9.10. The maximum Gasteiger partial charge on any atom is 0.240 e. The lowest BCUT2D eigenvalue weighted by Gasteiger charge is -2.35. The molecule has 0 aromatic heterocycles. The molecule has 0 unspecified atom stereocenters. The molecule has 3 nitrogen and oxygen atoms in total. The van der Waals surface area contributed by atoms with E-state index in [0.29, 0.717) is 11.4 Å². The molecule has 2 rings (SSSR count). The third kappa shape index (κ3) is 4.00. The first kappa shape index (κ1) is 16.3. The van der Waals surface area contributed by atoms with Crippen LogP contribution in [0.3, 0.4) is 0 Å². The number of halogens is 1. The van der Waals surface area contributed by atoms with Crippen molar-refractivity contribution in [3.63, 3.8) is 0 Å². The van der Waals surface area contributed by atoms with Gasteiger partial charge in [-0.15, -0.1) is 0 Å². The van der Waals surface area contributed by atoms with Crippen LogP contribution in [0.25, 0.3) is 0 Å². The Morgan fingerprint density at radius 2 is 2.00 bits per heavy atom. The van der Waals surface area contributed by atoms with Gasteiger partial charge in [0.2, 0.25) is 10.0 Å². The minimum absolute atomic E-state index is 0.0668. The van der Waals surface area contributed by atoms with Crippen LogP contribution >= 0.6 is 27.7 Å². The van der Waals surface area contributed by atoms with Crippen molar-refractivity contribution in [1.82, 2.24) is 4.72 Å². The Hall–Kier alpha value is -0.0400. The van der Waals surface area contributed by atoms with Crippen LogP contribution in [0.5, 0.6) is 0 Å². The van der Waals surface area contributed by atoms with E-state index in [-0.39, 0.29) is 4.75 Å². The lowest BCUT2D eigenvalue weighted by atomic mass is 9.88. The van der Waals surface area contributed by atoms with Crippen molar-refractivity contribution < 1.29 is 8.42 Å². The molecule has 1 aromatic carbocycles. The summed E-state index contributed by atoms with van der Waals surface area (Å²) in [6.45, 7) is 0.517. The smallest absolute Gasteiger partial charge is 0.210 e. The summed E-state index contributed by atoms with van der Waals surface area (Å²) in [5.41, 5.74) is 0. The summed E-state index contributed by atoms with van der Waals surface area (Å²) in [6, 6.07) is 6.82. The van der Waals surface area contributed by atoms with Crippen molar-refractivity contribution >= 4 is 37.7 Å². The van der Waals surface area contributed by atoms with Crippen LogP contribution in [0.1, 0.15) is 32.1 Å². The van der Waals surface area contributed by atoms with E-state index in [0.717, 1.165) is 17.3 Å². The van der Waals surface area contributed by atoms with E-state index in [1.54, 1.807) is 30.0 Å². The van der Waals surface area contributed by atoms with Crippen LogP contribution in [0.15, 0.2) is 33.6 Å². The number of hydrogen-bond donors (Lipinski definition) is 1. The lowest BCUT2D eigenvalue weighted by Crippen LogP contribution is -2.41. The molecular weight excluding hydrogens is 358 g/mol.